The molecule has 0 radical (unpaired) electrons. The highest BCUT2D eigenvalue weighted by Gasteiger charge is 2.26. The van der Waals surface area contributed by atoms with Gasteiger partial charge in [0.05, 0.1) is 0 Å². The number of hydrogen-bond acceptors (Lipinski definition) is 2. The predicted octanol–water partition coefficient (Wildman–Crippen LogP) is 3.15. The van der Waals surface area contributed by atoms with Crippen LogP contribution in [0.5, 0.6) is 0 Å². The largest absolute Gasteiger partial charge is 0.356 e. The molecule has 0 aromatic heterocycles. The quantitative estimate of drug-likeness (QED) is 0.774. The van der Waals surface area contributed by atoms with E-state index in [1.54, 1.807) is 0 Å². The van der Waals surface area contributed by atoms with Gasteiger partial charge in [-0.15, -0.1) is 0 Å². The molecule has 1 unspecified atom stereocenters. The van der Waals surface area contributed by atoms with Crippen LogP contribution < -0.4 is 10.6 Å². The van der Waals surface area contributed by atoms with Crippen LogP contribution in [-0.2, 0) is 11.2 Å². The number of hydrogen-bond donors (Lipinski definition) is 2. The molecule has 1 fully saturated rings. The van der Waals surface area contributed by atoms with Crippen LogP contribution in [0.25, 0.3) is 0 Å². The zero-order chi connectivity index (χ0) is 15.8. The van der Waals surface area contributed by atoms with Gasteiger partial charge in [0.15, 0.2) is 0 Å². The Morgan fingerprint density at radius 1 is 1.32 bits per heavy atom. The summed E-state index contributed by atoms with van der Waals surface area (Å²) in [5.74, 6) is 0.938. The zero-order valence-electron chi connectivity index (χ0n) is 14.0. The Morgan fingerprint density at radius 2 is 2.09 bits per heavy atom. The lowest BCUT2D eigenvalue weighted by Gasteiger charge is -2.24. The molecule has 0 aliphatic carbocycles. The molecule has 1 aliphatic heterocycles. The van der Waals surface area contributed by atoms with Crippen molar-refractivity contribution in [2.75, 3.05) is 19.6 Å². The van der Waals surface area contributed by atoms with E-state index < -0.39 is 0 Å². The smallest absolute Gasteiger partial charge is 0.225 e. The summed E-state index contributed by atoms with van der Waals surface area (Å²) < 4.78 is 0. The minimum Gasteiger partial charge on any atom is -0.356 e. The molecular formula is C19H30N2O. The molecule has 1 atom stereocenters. The topological polar surface area (TPSA) is 41.1 Å². The van der Waals surface area contributed by atoms with E-state index >= 15 is 0 Å². The van der Waals surface area contributed by atoms with Gasteiger partial charge in [-0.3, -0.25) is 4.79 Å². The summed E-state index contributed by atoms with van der Waals surface area (Å²) in [4.78, 5) is 12.4. The summed E-state index contributed by atoms with van der Waals surface area (Å²) in [7, 11) is 0. The maximum absolute atomic E-state index is 12.4. The molecule has 2 rings (SSSR count). The van der Waals surface area contributed by atoms with E-state index in [-0.39, 0.29) is 11.3 Å². The lowest BCUT2D eigenvalue weighted by Crippen LogP contribution is -2.38. The molecule has 0 saturated carbocycles. The maximum Gasteiger partial charge on any atom is 0.225 e. The molecule has 122 valence electrons. The molecule has 0 bridgehead atoms. The summed E-state index contributed by atoms with van der Waals surface area (Å²) in [5.41, 5.74) is 1.08. The van der Waals surface area contributed by atoms with E-state index in [2.05, 4.69) is 48.7 Å². The fraction of sp³-hybridized carbons (Fsp3) is 0.632. The van der Waals surface area contributed by atoms with Crippen molar-refractivity contribution < 1.29 is 4.79 Å². The van der Waals surface area contributed by atoms with Gasteiger partial charge in [-0.05, 0) is 56.7 Å². The van der Waals surface area contributed by atoms with Crippen molar-refractivity contribution in [3.8, 4) is 0 Å². The van der Waals surface area contributed by atoms with Crippen LogP contribution in [0.4, 0.5) is 0 Å². The lowest BCUT2D eigenvalue weighted by molar-refractivity contribution is -0.129. The number of nitrogens with one attached hydrogen (secondary N) is 2. The summed E-state index contributed by atoms with van der Waals surface area (Å²) in [6.45, 7) is 7.17. The first kappa shape index (κ1) is 17.0. The SMILES string of the molecule is CC(C)(CCCc1ccccc1)C(=O)NCCC1CCNC1. The van der Waals surface area contributed by atoms with Crippen molar-refractivity contribution >= 4 is 5.91 Å². The van der Waals surface area contributed by atoms with Gasteiger partial charge >= 0.3 is 0 Å². The first-order valence-electron chi connectivity index (χ1n) is 8.61. The van der Waals surface area contributed by atoms with E-state index in [0.29, 0.717) is 0 Å². The Kier molecular flexibility index (Phi) is 6.44. The molecule has 22 heavy (non-hydrogen) atoms. The van der Waals surface area contributed by atoms with Crippen molar-refractivity contribution in [2.24, 2.45) is 11.3 Å². The predicted molar refractivity (Wildman–Crippen MR) is 91.8 cm³/mol. The van der Waals surface area contributed by atoms with Gasteiger partial charge in [0.25, 0.3) is 0 Å². The Balaban J connectivity index is 1.65. The van der Waals surface area contributed by atoms with Gasteiger partial charge in [0.1, 0.15) is 0 Å². The van der Waals surface area contributed by atoms with Crippen LogP contribution in [0.2, 0.25) is 0 Å². The molecular weight excluding hydrogens is 272 g/mol. The van der Waals surface area contributed by atoms with Gasteiger partial charge in [0.2, 0.25) is 5.91 Å². The molecule has 1 aromatic carbocycles. The highest BCUT2D eigenvalue weighted by atomic mass is 16.2. The monoisotopic (exact) mass is 302 g/mol. The molecule has 3 nitrogen and oxygen atoms in total. The number of rotatable bonds is 8. The van der Waals surface area contributed by atoms with Gasteiger partial charge in [-0.1, -0.05) is 44.2 Å². The van der Waals surface area contributed by atoms with E-state index in [4.69, 9.17) is 0 Å². The molecule has 1 aromatic rings. The van der Waals surface area contributed by atoms with E-state index in [1.807, 2.05) is 6.07 Å². The normalized spacial score (nSPS) is 18.4. The van der Waals surface area contributed by atoms with Crippen molar-refractivity contribution in [3.63, 3.8) is 0 Å². The third kappa shape index (κ3) is 5.45. The molecule has 2 N–H and O–H groups in total. The Morgan fingerprint density at radius 3 is 2.77 bits per heavy atom. The number of amides is 1. The highest BCUT2D eigenvalue weighted by molar-refractivity contribution is 5.81. The third-order valence-corrected chi connectivity index (χ3v) is 4.73. The second-order valence-electron chi connectivity index (χ2n) is 7.13. The van der Waals surface area contributed by atoms with Crippen LogP contribution >= 0.6 is 0 Å². The lowest BCUT2D eigenvalue weighted by atomic mass is 9.85. The van der Waals surface area contributed by atoms with Gasteiger partial charge in [-0.2, -0.15) is 0 Å². The molecule has 1 amide bonds. The number of carbonyl (C=O) groups excluding carboxylic acids is 1. The van der Waals surface area contributed by atoms with Crippen molar-refractivity contribution in [1.82, 2.24) is 10.6 Å². The van der Waals surface area contributed by atoms with Crippen LogP contribution in [0.3, 0.4) is 0 Å². The number of aryl methyl sites for hydroxylation is 1. The fourth-order valence-corrected chi connectivity index (χ4v) is 3.08. The molecule has 1 heterocycles. The highest BCUT2D eigenvalue weighted by Crippen LogP contribution is 2.24. The molecule has 0 spiro atoms. The van der Waals surface area contributed by atoms with Gasteiger partial charge in [-0.25, -0.2) is 0 Å². The summed E-state index contributed by atoms with van der Waals surface area (Å²) >= 11 is 0. The van der Waals surface area contributed by atoms with Crippen molar-refractivity contribution in [2.45, 2.75) is 46.0 Å². The third-order valence-electron chi connectivity index (χ3n) is 4.73. The van der Waals surface area contributed by atoms with Crippen LogP contribution in [-0.4, -0.2) is 25.5 Å². The van der Waals surface area contributed by atoms with Crippen LogP contribution in [0.15, 0.2) is 30.3 Å². The van der Waals surface area contributed by atoms with Crippen molar-refractivity contribution in [1.29, 1.82) is 0 Å². The number of carbonyl (C=O) groups is 1. The first-order chi connectivity index (χ1) is 10.6. The van der Waals surface area contributed by atoms with E-state index in [1.165, 1.54) is 12.0 Å². The standard InChI is InChI=1S/C19H30N2O/c1-19(2,12-6-9-16-7-4-3-5-8-16)18(22)21-14-11-17-10-13-20-15-17/h3-5,7-8,17,20H,6,9-15H2,1-2H3,(H,21,22). The van der Waals surface area contributed by atoms with Crippen LogP contribution in [0.1, 0.15) is 45.1 Å². The van der Waals surface area contributed by atoms with Crippen molar-refractivity contribution in [3.05, 3.63) is 35.9 Å². The van der Waals surface area contributed by atoms with Crippen LogP contribution in [0, 0.1) is 11.3 Å². The number of benzene rings is 1. The summed E-state index contributed by atoms with van der Waals surface area (Å²) in [6.07, 6.45) is 5.37. The minimum atomic E-state index is -0.275. The maximum atomic E-state index is 12.4. The molecule has 1 saturated heterocycles. The molecule has 1 aliphatic rings. The van der Waals surface area contributed by atoms with Gasteiger partial charge in [0, 0.05) is 12.0 Å². The minimum absolute atomic E-state index is 0.200. The Bertz CT molecular complexity index is 450. The summed E-state index contributed by atoms with van der Waals surface area (Å²) in [6, 6.07) is 10.5. The summed E-state index contributed by atoms with van der Waals surface area (Å²) in [5, 5.41) is 6.50. The first-order valence-corrected chi connectivity index (χ1v) is 8.61. The fourth-order valence-electron chi connectivity index (χ4n) is 3.08. The zero-order valence-corrected chi connectivity index (χ0v) is 14.0. The van der Waals surface area contributed by atoms with E-state index in [0.717, 1.165) is 51.2 Å². The van der Waals surface area contributed by atoms with E-state index in [9.17, 15) is 4.79 Å². The Hall–Kier alpha value is -1.35. The average molecular weight is 302 g/mol. The van der Waals surface area contributed by atoms with Gasteiger partial charge < -0.3 is 10.6 Å². The second kappa shape index (κ2) is 8.33. The Labute approximate surface area is 134 Å². The molecule has 3 heteroatoms. The average Bonchev–Trinajstić information content (AvgIpc) is 3.01. The second-order valence-corrected chi connectivity index (χ2v) is 7.13.